The fourth-order valence-corrected chi connectivity index (χ4v) is 2.96. The molecule has 0 radical (unpaired) electrons. The highest BCUT2D eigenvalue weighted by molar-refractivity contribution is 9.09. The van der Waals surface area contributed by atoms with E-state index in [0.29, 0.717) is 0 Å². The van der Waals surface area contributed by atoms with Gasteiger partial charge in [-0.1, -0.05) is 15.9 Å². The molecule has 0 saturated carbocycles. The number of likely N-dealkylation sites (tertiary alicyclic amines) is 1. The van der Waals surface area contributed by atoms with Crippen molar-refractivity contribution < 1.29 is 0 Å². The Morgan fingerprint density at radius 2 is 2.21 bits per heavy atom. The lowest BCUT2D eigenvalue weighted by molar-refractivity contribution is 0.237. The van der Waals surface area contributed by atoms with Crippen molar-refractivity contribution in [2.75, 3.05) is 19.6 Å². The van der Waals surface area contributed by atoms with Gasteiger partial charge >= 0.3 is 0 Å². The van der Waals surface area contributed by atoms with Gasteiger partial charge in [-0.15, -0.1) is 0 Å². The van der Waals surface area contributed by atoms with Gasteiger partial charge in [0.1, 0.15) is 0 Å². The molecule has 1 saturated heterocycles. The summed E-state index contributed by atoms with van der Waals surface area (Å²) in [7, 11) is 0. The Morgan fingerprint density at radius 1 is 1.43 bits per heavy atom. The highest BCUT2D eigenvalue weighted by atomic mass is 79.9. The molecular formula is C11H16BrNS. The Balaban J connectivity index is 1.71. The number of thiophene rings is 1. The van der Waals surface area contributed by atoms with Crippen LogP contribution in [0.5, 0.6) is 0 Å². The van der Waals surface area contributed by atoms with E-state index >= 15 is 0 Å². The summed E-state index contributed by atoms with van der Waals surface area (Å²) in [5.74, 6) is 0. The maximum Gasteiger partial charge on any atom is 0.0170 e. The number of nitrogens with zero attached hydrogens (tertiary/aromatic N) is 1. The topological polar surface area (TPSA) is 3.24 Å². The molecule has 1 aliphatic heterocycles. The zero-order valence-corrected chi connectivity index (χ0v) is 10.7. The Kier molecular flexibility index (Phi) is 4.02. The first kappa shape index (κ1) is 10.7. The predicted octanol–water partition coefficient (Wildman–Crippen LogP) is 3.15. The quantitative estimate of drug-likeness (QED) is 0.765. The number of alkyl halides is 1. The molecule has 0 aliphatic carbocycles. The molecule has 1 fully saturated rings. The van der Waals surface area contributed by atoms with Gasteiger partial charge in [-0.2, -0.15) is 11.3 Å². The van der Waals surface area contributed by atoms with Gasteiger partial charge < -0.3 is 4.90 Å². The van der Waals surface area contributed by atoms with Crippen LogP contribution in [0, 0.1) is 0 Å². The van der Waals surface area contributed by atoms with E-state index in [1.165, 1.54) is 44.5 Å². The largest absolute Gasteiger partial charge is 0.303 e. The normalized spacial score (nSPS) is 20.1. The van der Waals surface area contributed by atoms with Gasteiger partial charge in [-0.05, 0) is 54.7 Å². The maximum atomic E-state index is 3.68. The summed E-state index contributed by atoms with van der Waals surface area (Å²) in [5.41, 5.74) is 1.50. The number of halogens is 1. The van der Waals surface area contributed by atoms with Gasteiger partial charge in [0.15, 0.2) is 0 Å². The number of hydrogen-bond donors (Lipinski definition) is 0. The highest BCUT2D eigenvalue weighted by Crippen LogP contribution is 2.17. The van der Waals surface area contributed by atoms with Gasteiger partial charge in [0.05, 0.1) is 0 Å². The van der Waals surface area contributed by atoms with Crippen LogP contribution in [0.3, 0.4) is 0 Å². The van der Waals surface area contributed by atoms with Crippen LogP contribution in [0.2, 0.25) is 0 Å². The summed E-state index contributed by atoms with van der Waals surface area (Å²) in [6.07, 6.45) is 3.84. The standard InChI is InChI=1S/C11H16BrNS/c12-11-2-6-13(7-3-11)5-1-10-4-8-14-9-10/h4,8-9,11H,1-3,5-7H2. The van der Waals surface area contributed by atoms with Crippen molar-refractivity contribution in [3.8, 4) is 0 Å². The summed E-state index contributed by atoms with van der Waals surface area (Å²) in [6.45, 7) is 3.76. The van der Waals surface area contributed by atoms with Crippen LogP contribution in [-0.2, 0) is 6.42 Å². The monoisotopic (exact) mass is 273 g/mol. The second-order valence-electron chi connectivity index (χ2n) is 3.90. The van der Waals surface area contributed by atoms with E-state index in [9.17, 15) is 0 Å². The lowest BCUT2D eigenvalue weighted by Gasteiger charge is -2.29. The van der Waals surface area contributed by atoms with Gasteiger partial charge in [-0.3, -0.25) is 0 Å². The van der Waals surface area contributed by atoms with Gasteiger partial charge in [0.25, 0.3) is 0 Å². The van der Waals surface area contributed by atoms with Crippen molar-refractivity contribution >= 4 is 27.3 Å². The fourth-order valence-electron chi connectivity index (χ4n) is 1.85. The minimum Gasteiger partial charge on any atom is -0.303 e. The van der Waals surface area contributed by atoms with Crippen molar-refractivity contribution in [3.63, 3.8) is 0 Å². The van der Waals surface area contributed by atoms with Crippen molar-refractivity contribution in [2.45, 2.75) is 24.1 Å². The van der Waals surface area contributed by atoms with Crippen LogP contribution >= 0.6 is 27.3 Å². The van der Waals surface area contributed by atoms with Gasteiger partial charge in [0.2, 0.25) is 0 Å². The molecule has 0 aromatic carbocycles. The molecule has 78 valence electrons. The first-order valence-corrected chi connectivity index (χ1v) is 7.08. The van der Waals surface area contributed by atoms with Crippen molar-refractivity contribution in [2.24, 2.45) is 0 Å². The molecular weight excluding hydrogens is 258 g/mol. The minimum absolute atomic E-state index is 0.764. The third-order valence-corrected chi connectivity index (χ3v) is 4.46. The summed E-state index contributed by atoms with van der Waals surface area (Å²) < 4.78 is 0. The van der Waals surface area contributed by atoms with Crippen LogP contribution in [0.4, 0.5) is 0 Å². The SMILES string of the molecule is BrC1CCN(CCc2ccsc2)CC1. The summed E-state index contributed by atoms with van der Waals surface area (Å²) in [6, 6.07) is 2.24. The molecule has 0 unspecified atom stereocenters. The highest BCUT2D eigenvalue weighted by Gasteiger charge is 2.15. The molecule has 0 spiro atoms. The molecule has 14 heavy (non-hydrogen) atoms. The predicted molar refractivity (Wildman–Crippen MR) is 66.4 cm³/mol. The Bertz CT molecular complexity index is 252. The lowest BCUT2D eigenvalue weighted by Crippen LogP contribution is -2.35. The van der Waals surface area contributed by atoms with E-state index in [1.807, 2.05) is 0 Å². The summed E-state index contributed by atoms with van der Waals surface area (Å²) in [5, 5.41) is 4.43. The molecule has 0 bridgehead atoms. The maximum absolute atomic E-state index is 3.68. The first-order chi connectivity index (χ1) is 6.84. The second kappa shape index (κ2) is 5.29. The molecule has 1 aromatic rings. The average molecular weight is 274 g/mol. The second-order valence-corrected chi connectivity index (χ2v) is 5.97. The summed E-state index contributed by atoms with van der Waals surface area (Å²) in [4.78, 5) is 3.34. The molecule has 1 aliphatic rings. The number of piperidine rings is 1. The molecule has 1 nitrogen and oxygen atoms in total. The van der Waals surface area contributed by atoms with Crippen molar-refractivity contribution in [1.82, 2.24) is 4.90 Å². The lowest BCUT2D eigenvalue weighted by atomic mass is 10.1. The molecule has 1 aromatic heterocycles. The van der Waals surface area contributed by atoms with Gasteiger partial charge in [-0.25, -0.2) is 0 Å². The number of rotatable bonds is 3. The number of hydrogen-bond acceptors (Lipinski definition) is 2. The van der Waals surface area contributed by atoms with Gasteiger partial charge in [0, 0.05) is 11.4 Å². The van der Waals surface area contributed by atoms with Crippen LogP contribution in [-0.4, -0.2) is 29.4 Å². The van der Waals surface area contributed by atoms with Crippen LogP contribution in [0.15, 0.2) is 16.8 Å². The van der Waals surface area contributed by atoms with E-state index < -0.39 is 0 Å². The van der Waals surface area contributed by atoms with E-state index in [4.69, 9.17) is 0 Å². The Morgan fingerprint density at radius 3 is 2.86 bits per heavy atom. The van der Waals surface area contributed by atoms with E-state index in [2.05, 4.69) is 37.7 Å². The average Bonchev–Trinajstić information content (AvgIpc) is 2.70. The van der Waals surface area contributed by atoms with E-state index in [1.54, 1.807) is 11.3 Å². The Hall–Kier alpha value is 0.140. The van der Waals surface area contributed by atoms with Crippen LogP contribution in [0.25, 0.3) is 0 Å². The molecule has 2 rings (SSSR count). The zero-order valence-electron chi connectivity index (χ0n) is 8.29. The first-order valence-electron chi connectivity index (χ1n) is 5.22. The van der Waals surface area contributed by atoms with Crippen LogP contribution < -0.4 is 0 Å². The van der Waals surface area contributed by atoms with E-state index in [0.717, 1.165) is 4.83 Å². The third kappa shape index (κ3) is 3.07. The molecule has 2 heterocycles. The molecule has 3 heteroatoms. The molecule has 0 amide bonds. The fraction of sp³-hybridized carbons (Fsp3) is 0.636. The Labute approximate surface area is 98.2 Å². The van der Waals surface area contributed by atoms with Crippen molar-refractivity contribution in [3.05, 3.63) is 22.4 Å². The third-order valence-electron chi connectivity index (χ3n) is 2.81. The molecule has 0 atom stereocenters. The summed E-state index contributed by atoms with van der Waals surface area (Å²) >= 11 is 5.48. The zero-order chi connectivity index (χ0) is 9.80. The van der Waals surface area contributed by atoms with E-state index in [-0.39, 0.29) is 0 Å². The smallest absolute Gasteiger partial charge is 0.0170 e. The minimum atomic E-state index is 0.764. The van der Waals surface area contributed by atoms with Crippen molar-refractivity contribution in [1.29, 1.82) is 0 Å². The van der Waals surface area contributed by atoms with Crippen LogP contribution in [0.1, 0.15) is 18.4 Å². The molecule has 0 N–H and O–H groups in total.